The fourth-order valence-electron chi connectivity index (χ4n) is 5.41. The molecule has 2 N–H and O–H groups in total. The van der Waals surface area contributed by atoms with Crippen LogP contribution in [0.15, 0.2) is 47.4 Å². The number of carbonyl (C=O) groups is 2. The number of amides is 2. The van der Waals surface area contributed by atoms with Crippen LogP contribution < -0.4 is 14.8 Å². The highest BCUT2D eigenvalue weighted by Crippen LogP contribution is 2.32. The number of nitrogens with zero attached hydrogens (tertiary/aromatic N) is 2. The van der Waals surface area contributed by atoms with Gasteiger partial charge in [-0.2, -0.15) is 4.31 Å². The first-order valence-corrected chi connectivity index (χ1v) is 15.6. The molecule has 10 nitrogen and oxygen atoms in total. The van der Waals surface area contributed by atoms with E-state index in [0.29, 0.717) is 17.2 Å². The lowest BCUT2D eigenvalue weighted by atomic mass is 9.88. The minimum atomic E-state index is -3.83. The molecule has 224 valence electrons. The molecule has 1 heterocycles. The standard InChI is InChI=1S/C30H41N3O7S/c1-20-17-33(21(2)19-34)30(36)26-16-23(31-29(35)22-8-6-5-7-9-22)10-15-27(26)40-28(20)18-32(3)41(37,38)25-13-11-24(39-4)12-14-25/h10-16,20-22,28,34H,5-9,17-19H2,1-4H3,(H,31,35)/t20-,21+,28+/m1/s1. The number of aliphatic hydroxyl groups is 1. The SMILES string of the molecule is COc1ccc(S(=O)(=O)N(C)C[C@@H]2Oc3ccc(NC(=O)C4CCCCC4)cc3C(=O)N([C@@H](C)CO)C[C@H]2C)cc1. The van der Waals surface area contributed by atoms with E-state index in [-0.39, 0.29) is 53.8 Å². The number of benzene rings is 2. The van der Waals surface area contributed by atoms with Crippen LogP contribution in [0.3, 0.4) is 0 Å². The van der Waals surface area contributed by atoms with Crippen LogP contribution in [0.1, 0.15) is 56.3 Å². The predicted octanol–water partition coefficient (Wildman–Crippen LogP) is 3.75. The zero-order valence-electron chi connectivity index (χ0n) is 24.2. The molecule has 41 heavy (non-hydrogen) atoms. The third kappa shape index (κ3) is 7.02. The highest BCUT2D eigenvalue weighted by molar-refractivity contribution is 7.89. The quantitative estimate of drug-likeness (QED) is 0.458. The Kier molecular flexibility index (Phi) is 9.93. The van der Waals surface area contributed by atoms with E-state index in [1.165, 1.54) is 30.6 Å². The Morgan fingerprint density at radius 3 is 2.49 bits per heavy atom. The van der Waals surface area contributed by atoms with E-state index in [0.717, 1.165) is 32.1 Å². The molecular weight excluding hydrogens is 546 g/mol. The maximum absolute atomic E-state index is 13.7. The second-order valence-corrected chi connectivity index (χ2v) is 13.2. The van der Waals surface area contributed by atoms with Crippen LogP contribution in [0, 0.1) is 11.8 Å². The van der Waals surface area contributed by atoms with Gasteiger partial charge in [0.05, 0.1) is 36.8 Å². The summed E-state index contributed by atoms with van der Waals surface area (Å²) >= 11 is 0. The number of hydrogen-bond acceptors (Lipinski definition) is 7. The number of anilines is 1. The van der Waals surface area contributed by atoms with Gasteiger partial charge in [-0.25, -0.2) is 8.42 Å². The third-order valence-corrected chi connectivity index (χ3v) is 9.95. The summed E-state index contributed by atoms with van der Waals surface area (Å²) < 4.78 is 39.4. The topological polar surface area (TPSA) is 125 Å². The number of sulfonamides is 1. The summed E-state index contributed by atoms with van der Waals surface area (Å²) in [6.07, 6.45) is 4.32. The second kappa shape index (κ2) is 13.2. The van der Waals surface area contributed by atoms with Crippen LogP contribution in [0.5, 0.6) is 11.5 Å². The summed E-state index contributed by atoms with van der Waals surface area (Å²) in [6.45, 7) is 3.71. The van der Waals surface area contributed by atoms with Crippen LogP contribution in [-0.2, 0) is 14.8 Å². The molecule has 11 heteroatoms. The predicted molar refractivity (Wildman–Crippen MR) is 156 cm³/mol. The Balaban J connectivity index is 1.61. The minimum Gasteiger partial charge on any atom is -0.497 e. The molecule has 0 saturated heterocycles. The van der Waals surface area contributed by atoms with Crippen molar-refractivity contribution in [2.75, 3.05) is 39.2 Å². The Bertz CT molecular complexity index is 1330. The summed E-state index contributed by atoms with van der Waals surface area (Å²) in [5.74, 6) is 0.170. The summed E-state index contributed by atoms with van der Waals surface area (Å²) in [5, 5.41) is 12.9. The molecule has 2 aliphatic rings. The van der Waals surface area contributed by atoms with Gasteiger partial charge >= 0.3 is 0 Å². The summed E-state index contributed by atoms with van der Waals surface area (Å²) in [4.78, 5) is 28.3. The van der Waals surface area contributed by atoms with Crippen LogP contribution in [0.25, 0.3) is 0 Å². The number of carbonyl (C=O) groups excluding carboxylic acids is 2. The van der Waals surface area contributed by atoms with Gasteiger partial charge in [0.1, 0.15) is 17.6 Å². The number of rotatable bonds is 9. The zero-order chi connectivity index (χ0) is 29.7. The Morgan fingerprint density at radius 1 is 1.17 bits per heavy atom. The molecule has 2 amide bonds. The maximum Gasteiger partial charge on any atom is 0.258 e. The van der Waals surface area contributed by atoms with Crippen LogP contribution in [0.2, 0.25) is 0 Å². The molecular formula is C30H41N3O7S. The van der Waals surface area contributed by atoms with E-state index in [9.17, 15) is 23.1 Å². The van der Waals surface area contributed by atoms with E-state index >= 15 is 0 Å². The van der Waals surface area contributed by atoms with E-state index in [4.69, 9.17) is 9.47 Å². The van der Waals surface area contributed by atoms with Crippen molar-refractivity contribution in [1.82, 2.24) is 9.21 Å². The van der Waals surface area contributed by atoms with Crippen LogP contribution in [0.4, 0.5) is 5.69 Å². The molecule has 0 radical (unpaired) electrons. The maximum atomic E-state index is 13.7. The third-order valence-electron chi connectivity index (χ3n) is 8.11. The number of nitrogens with one attached hydrogen (secondary N) is 1. The smallest absolute Gasteiger partial charge is 0.258 e. The summed E-state index contributed by atoms with van der Waals surface area (Å²) in [5.41, 5.74) is 0.751. The average Bonchev–Trinajstić information content (AvgIpc) is 2.99. The lowest BCUT2D eigenvalue weighted by Gasteiger charge is -2.38. The first kappa shape index (κ1) is 30.8. The van der Waals surface area contributed by atoms with Crippen molar-refractivity contribution in [3.63, 3.8) is 0 Å². The van der Waals surface area contributed by atoms with Gasteiger partial charge in [-0.1, -0.05) is 26.2 Å². The normalized spacial score (nSPS) is 20.9. The van der Waals surface area contributed by atoms with Gasteiger partial charge in [0.25, 0.3) is 5.91 Å². The first-order chi connectivity index (χ1) is 19.5. The van der Waals surface area contributed by atoms with E-state index < -0.39 is 22.2 Å². The van der Waals surface area contributed by atoms with Gasteiger partial charge in [-0.3, -0.25) is 9.59 Å². The lowest BCUT2D eigenvalue weighted by Crippen LogP contribution is -2.50. The Labute approximate surface area is 242 Å². The molecule has 0 bridgehead atoms. The van der Waals surface area contributed by atoms with Gasteiger partial charge in [-0.05, 0) is 62.2 Å². The molecule has 1 aliphatic carbocycles. The highest BCUT2D eigenvalue weighted by atomic mass is 32.2. The molecule has 2 aromatic carbocycles. The van der Waals surface area contributed by atoms with Crippen molar-refractivity contribution < 1.29 is 32.6 Å². The van der Waals surface area contributed by atoms with Crippen molar-refractivity contribution in [2.24, 2.45) is 11.8 Å². The molecule has 0 spiro atoms. The minimum absolute atomic E-state index is 0.0324. The lowest BCUT2D eigenvalue weighted by molar-refractivity contribution is -0.120. The van der Waals surface area contributed by atoms with Crippen molar-refractivity contribution in [1.29, 1.82) is 0 Å². The van der Waals surface area contributed by atoms with Gasteiger partial charge in [0.2, 0.25) is 15.9 Å². The van der Waals surface area contributed by atoms with Crippen molar-refractivity contribution in [3.8, 4) is 11.5 Å². The molecule has 1 fully saturated rings. The number of fused-ring (bicyclic) bond motifs is 1. The van der Waals surface area contributed by atoms with Crippen molar-refractivity contribution in [3.05, 3.63) is 48.0 Å². The monoisotopic (exact) mass is 587 g/mol. The molecule has 1 saturated carbocycles. The summed E-state index contributed by atoms with van der Waals surface area (Å²) in [6, 6.07) is 10.7. The average molecular weight is 588 g/mol. The highest BCUT2D eigenvalue weighted by Gasteiger charge is 2.35. The molecule has 2 aromatic rings. The zero-order valence-corrected chi connectivity index (χ0v) is 25.0. The van der Waals surface area contributed by atoms with Crippen LogP contribution >= 0.6 is 0 Å². The largest absolute Gasteiger partial charge is 0.497 e. The molecule has 3 atom stereocenters. The molecule has 0 aromatic heterocycles. The first-order valence-electron chi connectivity index (χ1n) is 14.2. The van der Waals surface area contributed by atoms with Crippen LogP contribution in [-0.4, -0.2) is 80.5 Å². The van der Waals surface area contributed by atoms with Crippen molar-refractivity contribution >= 4 is 27.5 Å². The molecule has 1 aliphatic heterocycles. The Hall–Kier alpha value is -3.15. The summed E-state index contributed by atoms with van der Waals surface area (Å²) in [7, 11) is -0.819. The second-order valence-electron chi connectivity index (χ2n) is 11.1. The van der Waals surface area contributed by atoms with Gasteiger partial charge < -0.3 is 24.8 Å². The van der Waals surface area contributed by atoms with Gasteiger partial charge in [0.15, 0.2) is 0 Å². The Morgan fingerprint density at radius 2 is 1.85 bits per heavy atom. The van der Waals surface area contributed by atoms with Gasteiger partial charge in [-0.15, -0.1) is 0 Å². The van der Waals surface area contributed by atoms with Gasteiger partial charge in [0, 0.05) is 31.1 Å². The fraction of sp³-hybridized carbons (Fsp3) is 0.533. The fourth-order valence-corrected chi connectivity index (χ4v) is 6.59. The van der Waals surface area contributed by atoms with E-state index in [2.05, 4.69) is 5.32 Å². The molecule has 4 rings (SSSR count). The number of likely N-dealkylation sites (N-methyl/N-ethyl adjacent to an activating group) is 1. The van der Waals surface area contributed by atoms with Crippen molar-refractivity contribution in [2.45, 2.75) is 63.0 Å². The number of aliphatic hydroxyl groups excluding tert-OH is 1. The van der Waals surface area contributed by atoms with E-state index in [1.807, 2.05) is 6.92 Å². The number of ether oxygens (including phenoxy) is 2. The molecule has 0 unspecified atom stereocenters. The van der Waals surface area contributed by atoms with E-state index in [1.54, 1.807) is 42.2 Å². The number of hydrogen-bond donors (Lipinski definition) is 2. The number of methoxy groups -OCH3 is 1.